The molecule has 0 unspecified atom stereocenters. The van der Waals surface area contributed by atoms with Gasteiger partial charge in [0, 0.05) is 0 Å². The van der Waals surface area contributed by atoms with Crippen LogP contribution in [0.2, 0.25) is 0 Å². The first-order valence-electron chi connectivity index (χ1n) is 3.41. The molecule has 0 aromatic rings. The van der Waals surface area contributed by atoms with E-state index < -0.39 is 0 Å². The van der Waals surface area contributed by atoms with Gasteiger partial charge in [-0.25, -0.2) is 0 Å². The minimum atomic E-state index is 0. The van der Waals surface area contributed by atoms with Crippen molar-refractivity contribution in [2.45, 2.75) is 6.42 Å². The zero-order chi connectivity index (χ0) is 8.20. The van der Waals surface area contributed by atoms with Crippen LogP contribution in [0.5, 0.6) is 0 Å². The first kappa shape index (κ1) is 13.3. The topological polar surface area (TPSA) is 17.1 Å². The maximum absolute atomic E-state index is 10.7. The Morgan fingerprint density at radius 1 is 1.55 bits per heavy atom. The van der Waals surface area contributed by atoms with E-state index in [0.717, 1.165) is 11.0 Å². The standard InChI is InChI=1S/C8H16NO.ClH/c1-5-8(10)6-7-9(2,3)4;/h5H,1,6-7H2,2-4H3;1H/q+1;/p+1. The summed E-state index contributed by atoms with van der Waals surface area (Å²) in [6.45, 7) is 4.28. The van der Waals surface area contributed by atoms with E-state index in [9.17, 15) is 4.79 Å². The Morgan fingerprint density at radius 2 is 2.00 bits per heavy atom. The summed E-state index contributed by atoms with van der Waals surface area (Å²) >= 11 is 0. The highest BCUT2D eigenvalue weighted by Gasteiger charge is 2.07. The lowest BCUT2D eigenvalue weighted by molar-refractivity contribution is -0.869. The van der Waals surface area contributed by atoms with Crippen LogP contribution in [0, 0.1) is 0 Å². The van der Waals surface area contributed by atoms with Gasteiger partial charge in [-0.1, -0.05) is 6.58 Å². The van der Waals surface area contributed by atoms with Crippen LogP contribution < -0.4 is 0 Å². The molecule has 0 aromatic carbocycles. The summed E-state index contributed by atoms with van der Waals surface area (Å²) in [5, 5.41) is 0. The summed E-state index contributed by atoms with van der Waals surface area (Å²) in [4.78, 5) is 10.7. The van der Waals surface area contributed by atoms with E-state index in [-0.39, 0.29) is 19.6 Å². The minimum Gasteiger partial charge on any atom is -0.331 e. The first-order chi connectivity index (χ1) is 4.45. The lowest BCUT2D eigenvalue weighted by atomic mass is 10.2. The molecule has 0 saturated heterocycles. The van der Waals surface area contributed by atoms with E-state index in [4.69, 9.17) is 0 Å². The van der Waals surface area contributed by atoms with Gasteiger partial charge in [0.1, 0.15) is 0 Å². The van der Waals surface area contributed by atoms with Gasteiger partial charge in [-0.05, 0) is 6.08 Å². The Balaban J connectivity index is -0.000000405. The number of quaternary nitrogens is 1. The summed E-state index contributed by atoms with van der Waals surface area (Å²) in [6, 6.07) is 0. The van der Waals surface area contributed by atoms with E-state index in [1.165, 1.54) is 6.08 Å². The molecule has 0 aliphatic rings. The molecule has 0 aliphatic heterocycles. The monoisotopic (exact) mass is 179 g/mol. The summed E-state index contributed by atoms with van der Waals surface area (Å²) in [5.41, 5.74) is 0. The van der Waals surface area contributed by atoms with Crippen molar-refractivity contribution in [2.24, 2.45) is 0 Å². The van der Waals surface area contributed by atoms with Crippen LogP contribution in [0.3, 0.4) is 0 Å². The number of hydrogen-bond acceptors (Lipinski definition) is 1. The molecule has 0 aliphatic carbocycles. The Morgan fingerprint density at radius 3 is 2.27 bits per heavy atom. The Labute approximate surface area is 76.4 Å². The van der Waals surface area contributed by atoms with Crippen molar-refractivity contribution in [1.29, 1.82) is 0 Å². The largest absolute Gasteiger partial charge is 1.00 e. The normalized spacial score (nSPS) is 10.1. The second-order valence-electron chi connectivity index (χ2n) is 3.43. The van der Waals surface area contributed by atoms with Gasteiger partial charge >= 0.3 is 1.43 Å². The van der Waals surface area contributed by atoms with Crippen molar-refractivity contribution < 1.29 is 10.7 Å². The lowest BCUT2D eigenvalue weighted by Gasteiger charge is -2.22. The van der Waals surface area contributed by atoms with Crippen LogP contribution in [-0.4, -0.2) is 38.0 Å². The van der Waals surface area contributed by atoms with Crippen molar-refractivity contribution >= 4 is 18.2 Å². The number of allylic oxidation sites excluding steroid dienone is 1. The zero-order valence-electron chi connectivity index (χ0n) is 8.46. The van der Waals surface area contributed by atoms with Crippen LogP contribution in [0.1, 0.15) is 7.85 Å². The first-order valence-corrected chi connectivity index (χ1v) is 3.41. The van der Waals surface area contributed by atoms with Gasteiger partial charge in [0.2, 0.25) is 0 Å². The van der Waals surface area contributed by atoms with Gasteiger partial charge in [0.05, 0.1) is 34.1 Å². The smallest absolute Gasteiger partial charge is 0.331 e. The molecule has 66 valence electrons. The summed E-state index contributed by atoms with van der Waals surface area (Å²) < 4.78 is 0.833. The predicted octanol–water partition coefficient (Wildman–Crippen LogP) is 1.37. The van der Waals surface area contributed by atoms with Crippen LogP contribution >= 0.6 is 12.4 Å². The second kappa shape index (κ2) is 5.33. The number of ketones is 1. The van der Waals surface area contributed by atoms with Gasteiger partial charge in [-0.2, -0.15) is 0 Å². The van der Waals surface area contributed by atoms with E-state index >= 15 is 0 Å². The Bertz CT molecular complexity index is 142. The number of nitrogens with zero attached hydrogens (tertiary/aromatic N) is 1. The van der Waals surface area contributed by atoms with Crippen LogP contribution in [-0.2, 0) is 4.79 Å². The summed E-state index contributed by atoms with van der Waals surface area (Å²) in [6.07, 6.45) is 1.99. The average Bonchev–Trinajstić information content (AvgIpc) is 1.81. The molecule has 0 N–H and O–H groups in total. The fourth-order valence-corrected chi connectivity index (χ4v) is 0.548. The SMILES string of the molecule is C=CC(=O)CC[N+](C)(C)C.Cl.[H+]. The molecule has 11 heavy (non-hydrogen) atoms. The van der Waals surface area contributed by atoms with Crippen LogP contribution in [0.4, 0.5) is 0 Å². The van der Waals surface area contributed by atoms with E-state index in [0.29, 0.717) is 6.42 Å². The fourth-order valence-electron chi connectivity index (χ4n) is 0.548. The Kier molecular flexibility index (Phi) is 6.43. The molecule has 0 aromatic heterocycles. The average molecular weight is 180 g/mol. The van der Waals surface area contributed by atoms with Crippen molar-refractivity contribution in [3.05, 3.63) is 12.7 Å². The molecule has 0 spiro atoms. The molecule has 0 amide bonds. The van der Waals surface area contributed by atoms with Crippen LogP contribution in [0.15, 0.2) is 12.7 Å². The molecule has 0 rings (SSSR count). The lowest BCUT2D eigenvalue weighted by Crippen LogP contribution is -2.36. The van der Waals surface area contributed by atoms with Crippen molar-refractivity contribution in [3.63, 3.8) is 0 Å². The Hall–Kier alpha value is -0.340. The number of rotatable bonds is 4. The maximum atomic E-state index is 10.7. The third-order valence-electron chi connectivity index (χ3n) is 1.26. The highest BCUT2D eigenvalue weighted by Crippen LogP contribution is 1.94. The highest BCUT2D eigenvalue weighted by molar-refractivity contribution is 5.89. The molecule has 0 radical (unpaired) electrons. The maximum Gasteiger partial charge on any atom is 1.00 e. The number of hydrogen-bond donors (Lipinski definition) is 0. The molecular formula is C8H18ClNO+2. The van der Waals surface area contributed by atoms with Gasteiger partial charge in [0.25, 0.3) is 0 Å². The minimum absolute atomic E-state index is 0. The predicted molar refractivity (Wildman–Crippen MR) is 51.1 cm³/mol. The third-order valence-corrected chi connectivity index (χ3v) is 1.26. The molecule has 2 nitrogen and oxygen atoms in total. The van der Waals surface area contributed by atoms with Gasteiger partial charge < -0.3 is 4.48 Å². The molecule has 3 heteroatoms. The third kappa shape index (κ3) is 9.66. The second-order valence-corrected chi connectivity index (χ2v) is 3.43. The van der Waals surface area contributed by atoms with Gasteiger partial charge in [-0.15, -0.1) is 12.4 Å². The number of halogens is 1. The van der Waals surface area contributed by atoms with Crippen LogP contribution in [0.25, 0.3) is 0 Å². The fraction of sp³-hybridized carbons (Fsp3) is 0.625. The molecule has 0 atom stereocenters. The van der Waals surface area contributed by atoms with Gasteiger partial charge in [-0.3, -0.25) is 4.79 Å². The summed E-state index contributed by atoms with van der Waals surface area (Å²) in [7, 11) is 6.20. The quantitative estimate of drug-likeness (QED) is 0.471. The molecule has 0 saturated carbocycles. The van der Waals surface area contributed by atoms with E-state index in [2.05, 4.69) is 27.7 Å². The van der Waals surface area contributed by atoms with Crippen molar-refractivity contribution in [1.82, 2.24) is 0 Å². The van der Waals surface area contributed by atoms with Crippen molar-refractivity contribution in [3.8, 4) is 0 Å². The highest BCUT2D eigenvalue weighted by atomic mass is 35.5. The molecular weight excluding hydrogens is 162 g/mol. The van der Waals surface area contributed by atoms with E-state index in [1.54, 1.807) is 0 Å². The number of carbonyl (C=O) groups excluding carboxylic acids is 1. The van der Waals surface area contributed by atoms with Gasteiger partial charge in [0.15, 0.2) is 5.78 Å². The van der Waals surface area contributed by atoms with Crippen molar-refractivity contribution in [2.75, 3.05) is 27.7 Å². The molecule has 0 bridgehead atoms. The molecule has 0 fully saturated rings. The number of carbonyl (C=O) groups is 1. The van der Waals surface area contributed by atoms with E-state index in [1.807, 2.05) is 0 Å². The molecule has 0 heterocycles. The summed E-state index contributed by atoms with van der Waals surface area (Å²) in [5.74, 6) is 0.132. The zero-order valence-corrected chi connectivity index (χ0v) is 8.28.